The predicted octanol–water partition coefficient (Wildman–Crippen LogP) is 0.601. The van der Waals surface area contributed by atoms with E-state index in [9.17, 15) is 5.11 Å². The minimum atomic E-state index is -0.700. The quantitative estimate of drug-likeness (QED) is 0.620. The van der Waals surface area contributed by atoms with Crippen LogP contribution < -0.4 is 5.32 Å². The summed E-state index contributed by atoms with van der Waals surface area (Å²) in [5.41, 5.74) is 1.11. The third-order valence-electron chi connectivity index (χ3n) is 3.16. The molecule has 0 saturated carbocycles. The van der Waals surface area contributed by atoms with Crippen molar-refractivity contribution in [1.29, 1.82) is 0 Å². The van der Waals surface area contributed by atoms with Crippen molar-refractivity contribution in [3.05, 3.63) is 35.4 Å². The molecule has 1 aromatic carbocycles. The molecule has 3 nitrogen and oxygen atoms in total. The molecule has 0 aromatic heterocycles. The van der Waals surface area contributed by atoms with Crippen LogP contribution in [0.5, 0.6) is 0 Å². The third kappa shape index (κ3) is 2.86. The molecule has 1 aliphatic heterocycles. The second kappa shape index (κ2) is 5.33. The van der Waals surface area contributed by atoms with Crippen molar-refractivity contribution in [2.75, 3.05) is 19.7 Å². The molecule has 0 bridgehead atoms. The largest absolute Gasteiger partial charge is 0.385 e. The highest BCUT2D eigenvalue weighted by Gasteiger charge is 2.30. The summed E-state index contributed by atoms with van der Waals surface area (Å²) in [6.07, 6.45) is 1.49. The molecule has 0 atom stereocenters. The molecular weight excluding hydrogens is 214 g/mol. The molecule has 3 N–H and O–H groups in total. The molecule has 0 radical (unpaired) electrons. The summed E-state index contributed by atoms with van der Waals surface area (Å²) in [7, 11) is 0. The van der Waals surface area contributed by atoms with E-state index in [0.717, 1.165) is 37.1 Å². The number of nitrogens with one attached hydrogen (secondary N) is 1. The molecule has 90 valence electrons. The van der Waals surface area contributed by atoms with Gasteiger partial charge in [-0.15, -0.1) is 0 Å². The highest BCUT2D eigenvalue weighted by Crippen LogP contribution is 2.30. The molecule has 1 aliphatic rings. The lowest BCUT2D eigenvalue weighted by Crippen LogP contribution is -2.39. The topological polar surface area (TPSA) is 52.5 Å². The number of hydrogen-bond acceptors (Lipinski definition) is 3. The molecular formula is C14H17NO2. The second-order valence-electron chi connectivity index (χ2n) is 4.32. The van der Waals surface area contributed by atoms with Crippen molar-refractivity contribution >= 4 is 0 Å². The van der Waals surface area contributed by atoms with E-state index >= 15 is 0 Å². The van der Waals surface area contributed by atoms with E-state index in [1.54, 1.807) is 0 Å². The van der Waals surface area contributed by atoms with E-state index in [2.05, 4.69) is 17.2 Å². The van der Waals surface area contributed by atoms with Gasteiger partial charge in [-0.3, -0.25) is 0 Å². The minimum absolute atomic E-state index is 0.128. The molecule has 17 heavy (non-hydrogen) atoms. The van der Waals surface area contributed by atoms with Crippen LogP contribution in [0.25, 0.3) is 0 Å². The van der Waals surface area contributed by atoms with E-state index < -0.39 is 5.60 Å². The van der Waals surface area contributed by atoms with Gasteiger partial charge in [-0.1, -0.05) is 24.0 Å². The maximum absolute atomic E-state index is 10.5. The molecule has 0 unspecified atom stereocenters. The molecule has 1 fully saturated rings. The fraction of sp³-hybridized carbons (Fsp3) is 0.429. The molecule has 3 heteroatoms. The molecule has 2 rings (SSSR count). The standard InChI is InChI=1S/C14H17NO2/c16-11-1-2-12-3-5-13(6-4-12)14(17)7-9-15-10-8-14/h3-6,15-17H,7-11H2. The first-order chi connectivity index (χ1) is 8.24. The Balaban J connectivity index is 2.16. The highest BCUT2D eigenvalue weighted by atomic mass is 16.3. The Labute approximate surface area is 101 Å². The summed E-state index contributed by atoms with van der Waals surface area (Å²) in [6, 6.07) is 7.62. The van der Waals surface area contributed by atoms with Crippen LogP contribution in [-0.4, -0.2) is 29.9 Å². The monoisotopic (exact) mass is 231 g/mol. The molecule has 0 amide bonds. The SMILES string of the molecule is OCC#Cc1ccc(C2(O)CCNCC2)cc1. The number of rotatable bonds is 1. The lowest BCUT2D eigenvalue weighted by molar-refractivity contribution is 0.00594. The van der Waals surface area contributed by atoms with E-state index in [-0.39, 0.29) is 6.61 Å². The molecule has 0 spiro atoms. The van der Waals surface area contributed by atoms with Gasteiger partial charge in [-0.2, -0.15) is 0 Å². The van der Waals surface area contributed by atoms with Crippen molar-refractivity contribution in [2.24, 2.45) is 0 Å². The summed E-state index contributed by atoms with van der Waals surface area (Å²) in [4.78, 5) is 0. The molecule has 0 aliphatic carbocycles. The fourth-order valence-electron chi connectivity index (χ4n) is 2.13. The summed E-state index contributed by atoms with van der Waals surface area (Å²) in [5, 5.41) is 22.3. The van der Waals surface area contributed by atoms with Gasteiger partial charge in [-0.05, 0) is 43.6 Å². The lowest BCUT2D eigenvalue weighted by Gasteiger charge is -2.33. The first kappa shape index (κ1) is 12.1. The Morgan fingerprint density at radius 1 is 1.18 bits per heavy atom. The third-order valence-corrected chi connectivity index (χ3v) is 3.16. The zero-order valence-corrected chi connectivity index (χ0v) is 9.74. The van der Waals surface area contributed by atoms with Crippen molar-refractivity contribution in [2.45, 2.75) is 18.4 Å². The average molecular weight is 231 g/mol. The second-order valence-corrected chi connectivity index (χ2v) is 4.32. The minimum Gasteiger partial charge on any atom is -0.385 e. The van der Waals surface area contributed by atoms with Gasteiger partial charge in [0.15, 0.2) is 0 Å². The van der Waals surface area contributed by atoms with Crippen LogP contribution in [0.2, 0.25) is 0 Å². The smallest absolute Gasteiger partial charge is 0.104 e. The van der Waals surface area contributed by atoms with Gasteiger partial charge >= 0.3 is 0 Å². The van der Waals surface area contributed by atoms with E-state index in [1.165, 1.54) is 0 Å². The van der Waals surface area contributed by atoms with Crippen LogP contribution in [0.3, 0.4) is 0 Å². The molecule has 1 saturated heterocycles. The van der Waals surface area contributed by atoms with Crippen LogP contribution >= 0.6 is 0 Å². The van der Waals surface area contributed by atoms with Crippen molar-refractivity contribution in [3.63, 3.8) is 0 Å². The van der Waals surface area contributed by atoms with Crippen molar-refractivity contribution in [1.82, 2.24) is 5.32 Å². The Hall–Kier alpha value is -1.34. The van der Waals surface area contributed by atoms with Crippen LogP contribution in [-0.2, 0) is 5.60 Å². The fourth-order valence-corrected chi connectivity index (χ4v) is 2.13. The summed E-state index contributed by atoms with van der Waals surface area (Å²) >= 11 is 0. The van der Waals surface area contributed by atoms with Gasteiger partial charge in [0.1, 0.15) is 6.61 Å². The first-order valence-corrected chi connectivity index (χ1v) is 5.88. The Bertz CT molecular complexity index is 422. The van der Waals surface area contributed by atoms with Gasteiger partial charge in [0, 0.05) is 5.56 Å². The Morgan fingerprint density at radius 3 is 2.41 bits per heavy atom. The van der Waals surface area contributed by atoms with Crippen molar-refractivity contribution < 1.29 is 10.2 Å². The van der Waals surface area contributed by atoms with Gasteiger partial charge in [0.2, 0.25) is 0 Å². The summed E-state index contributed by atoms with van der Waals surface area (Å²) in [6.45, 7) is 1.57. The first-order valence-electron chi connectivity index (χ1n) is 5.88. The maximum atomic E-state index is 10.5. The van der Waals surface area contributed by atoms with Crippen LogP contribution in [0, 0.1) is 11.8 Å². The summed E-state index contributed by atoms with van der Waals surface area (Å²) < 4.78 is 0. The van der Waals surface area contributed by atoms with E-state index in [4.69, 9.17) is 5.11 Å². The van der Waals surface area contributed by atoms with Gasteiger partial charge < -0.3 is 15.5 Å². The number of benzene rings is 1. The van der Waals surface area contributed by atoms with E-state index in [1.807, 2.05) is 24.3 Å². The maximum Gasteiger partial charge on any atom is 0.104 e. The van der Waals surface area contributed by atoms with Crippen LogP contribution in [0.4, 0.5) is 0 Å². The summed E-state index contributed by atoms with van der Waals surface area (Å²) in [5.74, 6) is 5.45. The molecule has 1 aromatic rings. The van der Waals surface area contributed by atoms with Gasteiger partial charge in [-0.25, -0.2) is 0 Å². The molecule has 1 heterocycles. The van der Waals surface area contributed by atoms with Crippen LogP contribution in [0.15, 0.2) is 24.3 Å². The normalized spacial score (nSPS) is 18.2. The lowest BCUT2D eigenvalue weighted by atomic mass is 9.85. The number of aliphatic hydroxyl groups is 2. The number of piperidine rings is 1. The number of aliphatic hydroxyl groups excluding tert-OH is 1. The zero-order chi connectivity index (χ0) is 12.1. The van der Waals surface area contributed by atoms with Crippen LogP contribution in [0.1, 0.15) is 24.0 Å². The predicted molar refractivity (Wildman–Crippen MR) is 66.4 cm³/mol. The highest BCUT2D eigenvalue weighted by molar-refractivity contribution is 5.37. The Kier molecular flexibility index (Phi) is 3.80. The Morgan fingerprint density at radius 2 is 1.82 bits per heavy atom. The van der Waals surface area contributed by atoms with Gasteiger partial charge in [0.05, 0.1) is 5.60 Å². The van der Waals surface area contributed by atoms with Crippen molar-refractivity contribution in [3.8, 4) is 11.8 Å². The van der Waals surface area contributed by atoms with E-state index in [0.29, 0.717) is 0 Å². The van der Waals surface area contributed by atoms with Gasteiger partial charge in [0.25, 0.3) is 0 Å². The average Bonchev–Trinajstić information content (AvgIpc) is 2.38. The number of hydrogen-bond donors (Lipinski definition) is 3. The zero-order valence-electron chi connectivity index (χ0n) is 9.74.